The number of carbonyl (C=O) groups is 1. The quantitative estimate of drug-likeness (QED) is 0.565. The van der Waals surface area contributed by atoms with Crippen molar-refractivity contribution in [3.8, 4) is 11.8 Å². The van der Waals surface area contributed by atoms with Crippen molar-refractivity contribution in [2.45, 2.75) is 12.8 Å². The standard InChI is InChI=1S/C13H14N2O/c14-12-6-1-4-11(10-12)5-2-8-15-9-3-7-13(15)16/h1,4,6,10H,3,7-9,14H2. The minimum atomic E-state index is 0.210. The Morgan fingerprint density at radius 1 is 1.44 bits per heavy atom. The lowest BCUT2D eigenvalue weighted by molar-refractivity contribution is -0.127. The number of nitrogens with two attached hydrogens (primary N) is 1. The molecule has 0 aromatic heterocycles. The predicted octanol–water partition coefficient (Wildman–Crippen LogP) is 1.24. The highest BCUT2D eigenvalue weighted by atomic mass is 16.2. The van der Waals surface area contributed by atoms with Gasteiger partial charge in [0.25, 0.3) is 0 Å². The zero-order valence-corrected chi connectivity index (χ0v) is 9.07. The van der Waals surface area contributed by atoms with E-state index in [1.54, 1.807) is 4.90 Å². The van der Waals surface area contributed by atoms with Crippen molar-refractivity contribution in [1.82, 2.24) is 4.90 Å². The van der Waals surface area contributed by atoms with Crippen LogP contribution in [0.3, 0.4) is 0 Å². The third kappa shape index (κ3) is 2.54. The van der Waals surface area contributed by atoms with Gasteiger partial charge in [0.2, 0.25) is 5.91 Å². The minimum Gasteiger partial charge on any atom is -0.399 e. The maximum Gasteiger partial charge on any atom is 0.223 e. The van der Waals surface area contributed by atoms with Crippen molar-refractivity contribution in [3.05, 3.63) is 29.8 Å². The molecule has 1 amide bonds. The highest BCUT2D eigenvalue weighted by molar-refractivity contribution is 5.78. The molecule has 0 radical (unpaired) electrons. The van der Waals surface area contributed by atoms with E-state index in [-0.39, 0.29) is 5.91 Å². The SMILES string of the molecule is Nc1cccc(C#CCN2CCCC2=O)c1. The molecule has 0 atom stereocenters. The molecule has 1 aromatic carbocycles. The van der Waals surface area contributed by atoms with Crippen LogP contribution >= 0.6 is 0 Å². The molecule has 1 aliphatic rings. The van der Waals surface area contributed by atoms with Crippen molar-refractivity contribution in [1.29, 1.82) is 0 Å². The summed E-state index contributed by atoms with van der Waals surface area (Å²) in [5, 5.41) is 0. The maximum absolute atomic E-state index is 11.3. The Labute approximate surface area is 95.2 Å². The molecule has 1 saturated heterocycles. The molecule has 2 N–H and O–H groups in total. The fourth-order valence-electron chi connectivity index (χ4n) is 1.72. The Hall–Kier alpha value is -1.95. The van der Waals surface area contributed by atoms with Crippen LogP contribution in [0.5, 0.6) is 0 Å². The second-order valence-electron chi connectivity index (χ2n) is 3.85. The summed E-state index contributed by atoms with van der Waals surface area (Å²) in [5.74, 6) is 6.22. The van der Waals surface area contributed by atoms with E-state index in [0.29, 0.717) is 18.7 Å². The molecular formula is C13H14N2O. The lowest BCUT2D eigenvalue weighted by Crippen LogP contribution is -2.24. The highest BCUT2D eigenvalue weighted by Crippen LogP contribution is 2.08. The van der Waals surface area contributed by atoms with Crippen molar-refractivity contribution in [2.24, 2.45) is 0 Å². The van der Waals surface area contributed by atoms with E-state index in [1.165, 1.54) is 0 Å². The Kier molecular flexibility index (Phi) is 3.11. The van der Waals surface area contributed by atoms with Crippen LogP contribution < -0.4 is 5.73 Å². The molecule has 3 heteroatoms. The second kappa shape index (κ2) is 4.71. The average molecular weight is 214 g/mol. The van der Waals surface area contributed by atoms with Crippen LogP contribution in [0.1, 0.15) is 18.4 Å². The number of nitrogen functional groups attached to an aromatic ring is 1. The zero-order valence-electron chi connectivity index (χ0n) is 9.07. The van der Waals surface area contributed by atoms with Crippen LogP contribution in [0, 0.1) is 11.8 Å². The number of hydrogen-bond acceptors (Lipinski definition) is 2. The second-order valence-corrected chi connectivity index (χ2v) is 3.85. The number of amides is 1. The number of anilines is 1. The number of rotatable bonds is 1. The van der Waals surface area contributed by atoms with E-state index in [2.05, 4.69) is 11.8 Å². The summed E-state index contributed by atoms with van der Waals surface area (Å²) in [4.78, 5) is 13.1. The third-order valence-electron chi connectivity index (χ3n) is 2.56. The van der Waals surface area contributed by atoms with Gasteiger partial charge in [-0.1, -0.05) is 17.9 Å². The number of benzene rings is 1. The Balaban J connectivity index is 1.97. The molecule has 0 bridgehead atoms. The summed E-state index contributed by atoms with van der Waals surface area (Å²) in [6.45, 7) is 1.36. The summed E-state index contributed by atoms with van der Waals surface area (Å²) >= 11 is 0. The first-order valence-corrected chi connectivity index (χ1v) is 5.38. The lowest BCUT2D eigenvalue weighted by Gasteiger charge is -2.09. The van der Waals surface area contributed by atoms with E-state index in [0.717, 1.165) is 18.5 Å². The van der Waals surface area contributed by atoms with E-state index < -0.39 is 0 Å². The largest absolute Gasteiger partial charge is 0.399 e. The molecule has 82 valence electrons. The van der Waals surface area contributed by atoms with E-state index in [1.807, 2.05) is 24.3 Å². The van der Waals surface area contributed by atoms with Gasteiger partial charge in [-0.2, -0.15) is 0 Å². The van der Waals surface area contributed by atoms with Crippen LogP contribution in [0.25, 0.3) is 0 Å². The fraction of sp³-hybridized carbons (Fsp3) is 0.308. The summed E-state index contributed by atoms with van der Waals surface area (Å²) in [6, 6.07) is 7.45. The van der Waals surface area contributed by atoms with Crippen LogP contribution in [-0.4, -0.2) is 23.9 Å². The Bertz CT molecular complexity index is 456. The van der Waals surface area contributed by atoms with Gasteiger partial charge in [0, 0.05) is 24.2 Å². The molecule has 0 aliphatic carbocycles. The highest BCUT2D eigenvalue weighted by Gasteiger charge is 2.18. The lowest BCUT2D eigenvalue weighted by atomic mass is 10.2. The van der Waals surface area contributed by atoms with Gasteiger partial charge in [-0.15, -0.1) is 0 Å². The predicted molar refractivity (Wildman–Crippen MR) is 63.5 cm³/mol. The van der Waals surface area contributed by atoms with Gasteiger partial charge in [-0.25, -0.2) is 0 Å². The maximum atomic E-state index is 11.3. The first kappa shape index (κ1) is 10.6. The van der Waals surface area contributed by atoms with Crippen LogP contribution in [0.4, 0.5) is 5.69 Å². The first-order chi connectivity index (χ1) is 7.75. The number of carbonyl (C=O) groups excluding carboxylic acids is 1. The van der Waals surface area contributed by atoms with Crippen LogP contribution in [0.15, 0.2) is 24.3 Å². The van der Waals surface area contributed by atoms with Crippen molar-refractivity contribution in [3.63, 3.8) is 0 Å². The molecule has 1 aromatic rings. The zero-order chi connectivity index (χ0) is 11.4. The van der Waals surface area contributed by atoms with Gasteiger partial charge in [-0.3, -0.25) is 4.79 Å². The Morgan fingerprint density at radius 3 is 3.00 bits per heavy atom. The Morgan fingerprint density at radius 2 is 2.31 bits per heavy atom. The third-order valence-corrected chi connectivity index (χ3v) is 2.56. The van der Waals surface area contributed by atoms with Gasteiger partial charge in [-0.05, 0) is 24.6 Å². The van der Waals surface area contributed by atoms with Gasteiger partial charge >= 0.3 is 0 Å². The smallest absolute Gasteiger partial charge is 0.223 e. The van der Waals surface area contributed by atoms with E-state index in [4.69, 9.17) is 5.73 Å². The molecule has 1 heterocycles. The molecule has 1 aliphatic heterocycles. The summed E-state index contributed by atoms with van der Waals surface area (Å²) in [5.41, 5.74) is 7.25. The molecule has 16 heavy (non-hydrogen) atoms. The van der Waals surface area contributed by atoms with Crippen LogP contribution in [-0.2, 0) is 4.79 Å². The van der Waals surface area contributed by atoms with Crippen LogP contribution in [0.2, 0.25) is 0 Å². The van der Waals surface area contributed by atoms with Gasteiger partial charge in [0.1, 0.15) is 0 Å². The molecule has 1 fully saturated rings. The van der Waals surface area contributed by atoms with Crippen molar-refractivity contribution < 1.29 is 4.79 Å². The average Bonchev–Trinajstić information content (AvgIpc) is 2.65. The summed E-state index contributed by atoms with van der Waals surface area (Å²) < 4.78 is 0. The monoisotopic (exact) mass is 214 g/mol. The molecule has 0 spiro atoms. The van der Waals surface area contributed by atoms with Crippen molar-refractivity contribution in [2.75, 3.05) is 18.8 Å². The van der Waals surface area contributed by atoms with E-state index >= 15 is 0 Å². The van der Waals surface area contributed by atoms with E-state index in [9.17, 15) is 4.79 Å². The number of likely N-dealkylation sites (tertiary alicyclic amines) is 1. The normalized spacial score (nSPS) is 14.8. The number of nitrogens with zero attached hydrogens (tertiary/aromatic N) is 1. The number of hydrogen-bond donors (Lipinski definition) is 1. The topological polar surface area (TPSA) is 46.3 Å². The van der Waals surface area contributed by atoms with Crippen molar-refractivity contribution >= 4 is 11.6 Å². The summed E-state index contributed by atoms with van der Waals surface area (Å²) in [7, 11) is 0. The molecular weight excluding hydrogens is 200 g/mol. The minimum absolute atomic E-state index is 0.210. The van der Waals surface area contributed by atoms with Gasteiger partial charge in [0.05, 0.1) is 6.54 Å². The molecule has 0 unspecified atom stereocenters. The van der Waals surface area contributed by atoms with Gasteiger partial charge in [0.15, 0.2) is 0 Å². The first-order valence-electron chi connectivity index (χ1n) is 5.38. The van der Waals surface area contributed by atoms with Gasteiger partial charge < -0.3 is 10.6 Å². The fourth-order valence-corrected chi connectivity index (χ4v) is 1.72. The summed E-state index contributed by atoms with van der Waals surface area (Å²) in [6.07, 6.45) is 1.62. The molecule has 0 saturated carbocycles. The molecule has 2 rings (SSSR count). The molecule has 3 nitrogen and oxygen atoms in total.